The third-order valence-corrected chi connectivity index (χ3v) is 4.21. The van der Waals surface area contributed by atoms with Crippen molar-refractivity contribution in [2.24, 2.45) is 5.92 Å². The monoisotopic (exact) mass is 289 g/mol. The van der Waals surface area contributed by atoms with Crippen LogP contribution < -0.4 is 5.32 Å². The van der Waals surface area contributed by atoms with Gasteiger partial charge < -0.3 is 14.8 Å². The molecule has 0 radical (unpaired) electrons. The Balaban J connectivity index is 2.14. The molecule has 1 fully saturated rings. The Morgan fingerprint density at radius 3 is 2.47 bits per heavy atom. The molecule has 5 nitrogen and oxygen atoms in total. The summed E-state index contributed by atoms with van der Waals surface area (Å²) >= 11 is 1.57. The average Bonchev–Trinajstić information content (AvgIpc) is 2.43. The molecule has 1 saturated carbocycles. The van der Waals surface area contributed by atoms with Crippen molar-refractivity contribution in [3.63, 3.8) is 0 Å². The van der Waals surface area contributed by atoms with E-state index in [4.69, 9.17) is 9.47 Å². The van der Waals surface area contributed by atoms with Gasteiger partial charge in [-0.1, -0.05) is 0 Å². The summed E-state index contributed by atoms with van der Waals surface area (Å²) in [6.07, 6.45) is 3.31. The predicted molar refractivity (Wildman–Crippen MR) is 75.1 cm³/mol. The van der Waals surface area contributed by atoms with Crippen LogP contribution >= 0.6 is 11.8 Å². The molecule has 1 aliphatic rings. The maximum absolute atomic E-state index is 11.7. The topological polar surface area (TPSA) is 64.6 Å². The second kappa shape index (κ2) is 9.20. The fourth-order valence-electron chi connectivity index (χ4n) is 2.22. The van der Waals surface area contributed by atoms with Crippen LogP contribution in [0.3, 0.4) is 0 Å². The van der Waals surface area contributed by atoms with Crippen molar-refractivity contribution in [2.45, 2.75) is 31.7 Å². The van der Waals surface area contributed by atoms with E-state index in [1.165, 1.54) is 7.11 Å². The van der Waals surface area contributed by atoms with E-state index in [0.29, 0.717) is 12.4 Å². The van der Waals surface area contributed by atoms with Gasteiger partial charge in [-0.25, -0.2) is 0 Å². The standard InChI is InChI=1S/C13H23NO4S/c1-17-7-8-19-9-12(15)14-11-5-3-10(4-6-11)13(16)18-2/h10-11H,3-9H2,1-2H3,(H,14,15). The zero-order chi connectivity index (χ0) is 14.1. The Morgan fingerprint density at radius 2 is 1.89 bits per heavy atom. The van der Waals surface area contributed by atoms with Crippen LogP contribution in [0.4, 0.5) is 0 Å². The first-order valence-electron chi connectivity index (χ1n) is 6.61. The van der Waals surface area contributed by atoms with Crippen molar-refractivity contribution in [3.05, 3.63) is 0 Å². The number of thioether (sulfide) groups is 1. The van der Waals surface area contributed by atoms with Gasteiger partial charge in [-0.05, 0) is 25.7 Å². The van der Waals surface area contributed by atoms with Gasteiger partial charge in [-0.15, -0.1) is 11.8 Å². The van der Waals surface area contributed by atoms with Gasteiger partial charge in [0.2, 0.25) is 5.91 Å². The summed E-state index contributed by atoms with van der Waals surface area (Å²) in [4.78, 5) is 23.1. The molecule has 0 atom stereocenters. The summed E-state index contributed by atoms with van der Waals surface area (Å²) in [6.45, 7) is 0.669. The molecular formula is C13H23NO4S. The van der Waals surface area contributed by atoms with E-state index in [0.717, 1.165) is 31.4 Å². The van der Waals surface area contributed by atoms with Crippen LogP contribution in [0.1, 0.15) is 25.7 Å². The van der Waals surface area contributed by atoms with Gasteiger partial charge in [0.1, 0.15) is 0 Å². The Kier molecular flexibility index (Phi) is 7.90. The highest BCUT2D eigenvalue weighted by molar-refractivity contribution is 7.99. The first kappa shape index (κ1) is 16.3. The van der Waals surface area contributed by atoms with E-state index in [1.807, 2.05) is 0 Å². The van der Waals surface area contributed by atoms with Gasteiger partial charge in [0, 0.05) is 18.9 Å². The van der Waals surface area contributed by atoms with Crippen LogP contribution in [-0.2, 0) is 19.1 Å². The van der Waals surface area contributed by atoms with Crippen molar-refractivity contribution >= 4 is 23.6 Å². The average molecular weight is 289 g/mol. The highest BCUT2D eigenvalue weighted by atomic mass is 32.2. The molecule has 0 saturated heterocycles. The number of hydrogen-bond donors (Lipinski definition) is 1. The normalized spacial score (nSPS) is 22.8. The van der Waals surface area contributed by atoms with E-state index < -0.39 is 0 Å². The molecule has 0 spiro atoms. The number of nitrogens with one attached hydrogen (secondary N) is 1. The lowest BCUT2D eigenvalue weighted by molar-refractivity contribution is -0.146. The molecule has 19 heavy (non-hydrogen) atoms. The fraction of sp³-hybridized carbons (Fsp3) is 0.846. The first-order valence-corrected chi connectivity index (χ1v) is 7.76. The number of amides is 1. The number of esters is 1. The Bertz CT molecular complexity index is 290. The third kappa shape index (κ3) is 6.29. The summed E-state index contributed by atoms with van der Waals surface area (Å²) in [5, 5.41) is 3.02. The van der Waals surface area contributed by atoms with Gasteiger partial charge in [0.15, 0.2) is 0 Å². The van der Waals surface area contributed by atoms with Crippen molar-refractivity contribution in [1.29, 1.82) is 0 Å². The molecule has 6 heteroatoms. The van der Waals surface area contributed by atoms with Gasteiger partial charge in [0.05, 0.1) is 25.4 Å². The van der Waals surface area contributed by atoms with Crippen molar-refractivity contribution in [3.8, 4) is 0 Å². The Labute approximate surface area is 118 Å². The molecule has 0 unspecified atom stereocenters. The van der Waals surface area contributed by atoms with E-state index in [9.17, 15) is 9.59 Å². The smallest absolute Gasteiger partial charge is 0.308 e. The summed E-state index contributed by atoms with van der Waals surface area (Å²) in [6, 6.07) is 0.205. The zero-order valence-corrected chi connectivity index (χ0v) is 12.5. The van der Waals surface area contributed by atoms with Crippen LogP contribution in [-0.4, -0.2) is 50.3 Å². The molecule has 1 amide bonds. The molecule has 1 N–H and O–H groups in total. The van der Waals surface area contributed by atoms with Gasteiger partial charge in [-0.2, -0.15) is 0 Å². The van der Waals surface area contributed by atoms with Gasteiger partial charge >= 0.3 is 5.97 Å². The van der Waals surface area contributed by atoms with Gasteiger partial charge in [-0.3, -0.25) is 9.59 Å². The molecule has 110 valence electrons. The summed E-state index contributed by atoms with van der Waals surface area (Å²) in [5.41, 5.74) is 0. The lowest BCUT2D eigenvalue weighted by atomic mass is 9.86. The minimum Gasteiger partial charge on any atom is -0.469 e. The van der Waals surface area contributed by atoms with Crippen LogP contribution in [0, 0.1) is 5.92 Å². The second-order valence-electron chi connectivity index (χ2n) is 4.68. The molecule has 0 aromatic rings. The summed E-state index contributed by atoms with van der Waals surface area (Å²) < 4.78 is 9.66. The van der Waals surface area contributed by atoms with Crippen LogP contribution in [0.25, 0.3) is 0 Å². The molecule has 1 rings (SSSR count). The number of ether oxygens (including phenoxy) is 2. The highest BCUT2D eigenvalue weighted by Gasteiger charge is 2.27. The lowest BCUT2D eigenvalue weighted by Gasteiger charge is -2.27. The summed E-state index contributed by atoms with van der Waals surface area (Å²) in [5.74, 6) is 1.26. The van der Waals surface area contributed by atoms with Gasteiger partial charge in [0.25, 0.3) is 0 Å². The maximum Gasteiger partial charge on any atom is 0.308 e. The number of hydrogen-bond acceptors (Lipinski definition) is 5. The van der Waals surface area contributed by atoms with Crippen LogP contribution in [0.2, 0.25) is 0 Å². The minimum absolute atomic E-state index is 0.00855. The van der Waals surface area contributed by atoms with Crippen molar-refractivity contribution in [1.82, 2.24) is 5.32 Å². The first-order chi connectivity index (χ1) is 9.17. The number of methoxy groups -OCH3 is 2. The number of rotatable bonds is 7. The highest BCUT2D eigenvalue weighted by Crippen LogP contribution is 2.25. The van der Waals surface area contributed by atoms with Crippen molar-refractivity contribution < 1.29 is 19.1 Å². The zero-order valence-electron chi connectivity index (χ0n) is 11.6. The largest absolute Gasteiger partial charge is 0.469 e. The Morgan fingerprint density at radius 1 is 1.21 bits per heavy atom. The van der Waals surface area contributed by atoms with Crippen molar-refractivity contribution in [2.75, 3.05) is 32.3 Å². The quantitative estimate of drug-likeness (QED) is 0.564. The second-order valence-corrected chi connectivity index (χ2v) is 5.79. The summed E-state index contributed by atoms with van der Waals surface area (Å²) in [7, 11) is 3.08. The van der Waals surface area contributed by atoms with Crippen LogP contribution in [0.5, 0.6) is 0 Å². The Hall–Kier alpha value is -0.750. The number of carbonyl (C=O) groups excluding carboxylic acids is 2. The molecule has 1 aliphatic carbocycles. The lowest BCUT2D eigenvalue weighted by Crippen LogP contribution is -2.39. The molecular weight excluding hydrogens is 266 g/mol. The minimum atomic E-state index is -0.125. The maximum atomic E-state index is 11.7. The SMILES string of the molecule is COCCSCC(=O)NC1CCC(C(=O)OC)CC1. The number of carbonyl (C=O) groups is 2. The van der Waals surface area contributed by atoms with E-state index in [2.05, 4.69) is 5.32 Å². The van der Waals surface area contributed by atoms with E-state index >= 15 is 0 Å². The molecule has 0 heterocycles. The van der Waals surface area contributed by atoms with E-state index in [1.54, 1.807) is 18.9 Å². The molecule has 0 aromatic heterocycles. The van der Waals surface area contributed by atoms with Crippen LogP contribution in [0.15, 0.2) is 0 Å². The fourth-order valence-corrected chi connectivity index (χ4v) is 2.91. The molecule has 0 bridgehead atoms. The molecule has 0 aromatic carbocycles. The van der Waals surface area contributed by atoms with E-state index in [-0.39, 0.29) is 23.8 Å². The predicted octanol–water partition coefficient (Wildman–Crippen LogP) is 1.21. The molecule has 0 aliphatic heterocycles. The third-order valence-electron chi connectivity index (χ3n) is 3.29.